The quantitative estimate of drug-likeness (QED) is 0.733. The average molecular weight is 192 g/mol. The Morgan fingerprint density at radius 1 is 1.79 bits per heavy atom. The molecule has 0 bridgehead atoms. The molecule has 0 amide bonds. The monoisotopic (exact) mass is 192 g/mol. The molecule has 1 aromatic heterocycles. The Balaban J connectivity index is 2.93. The van der Waals surface area contributed by atoms with Crippen LogP contribution in [0.2, 0.25) is 0 Å². The molecule has 74 valence electrons. The maximum atomic E-state index is 10.7. The maximum Gasteiger partial charge on any atom is 0.335 e. The lowest BCUT2D eigenvalue weighted by atomic mass is 10.2. The Labute approximate surface area is 82.5 Å². The Morgan fingerprint density at radius 2 is 2.50 bits per heavy atom. The largest absolute Gasteiger partial charge is 0.478 e. The van der Waals surface area contributed by atoms with E-state index in [9.17, 15) is 4.79 Å². The van der Waals surface area contributed by atoms with Crippen LogP contribution >= 0.6 is 0 Å². The van der Waals surface area contributed by atoms with Gasteiger partial charge in [-0.1, -0.05) is 6.08 Å². The van der Waals surface area contributed by atoms with Crippen molar-refractivity contribution in [1.82, 2.24) is 4.98 Å². The smallest absolute Gasteiger partial charge is 0.335 e. The molecule has 0 atom stereocenters. The molecule has 0 aromatic carbocycles. The van der Waals surface area contributed by atoms with Gasteiger partial charge in [0.25, 0.3) is 0 Å². The maximum absolute atomic E-state index is 10.7. The highest BCUT2D eigenvalue weighted by Gasteiger charge is 2.06. The summed E-state index contributed by atoms with van der Waals surface area (Å²) < 4.78 is 0. The highest BCUT2D eigenvalue weighted by atomic mass is 16.4. The summed E-state index contributed by atoms with van der Waals surface area (Å²) in [5.41, 5.74) is 0.242. The zero-order valence-corrected chi connectivity index (χ0v) is 7.97. The molecular weight excluding hydrogens is 180 g/mol. The highest BCUT2D eigenvalue weighted by Crippen LogP contribution is 2.10. The van der Waals surface area contributed by atoms with Gasteiger partial charge in [-0.05, 0) is 12.1 Å². The van der Waals surface area contributed by atoms with Gasteiger partial charge in [-0.15, -0.1) is 6.58 Å². The summed E-state index contributed by atoms with van der Waals surface area (Å²) in [6.07, 6.45) is 3.22. The lowest BCUT2D eigenvalue weighted by Gasteiger charge is -2.15. The molecule has 1 rings (SSSR count). The van der Waals surface area contributed by atoms with E-state index in [1.807, 2.05) is 11.9 Å². The molecule has 0 aliphatic rings. The summed E-state index contributed by atoms with van der Waals surface area (Å²) in [6.45, 7) is 4.23. The van der Waals surface area contributed by atoms with Gasteiger partial charge in [0.15, 0.2) is 0 Å². The number of carbonyl (C=O) groups is 1. The molecule has 0 unspecified atom stereocenters. The summed E-state index contributed by atoms with van der Waals surface area (Å²) in [6, 6.07) is 3.00. The molecule has 1 aromatic rings. The zero-order chi connectivity index (χ0) is 10.6. The summed E-state index contributed by atoms with van der Waals surface area (Å²) in [4.78, 5) is 16.5. The van der Waals surface area contributed by atoms with Crippen molar-refractivity contribution in [1.29, 1.82) is 0 Å². The van der Waals surface area contributed by atoms with Crippen molar-refractivity contribution in [2.45, 2.75) is 0 Å². The molecule has 0 saturated heterocycles. The molecule has 1 heterocycles. The first-order valence-electron chi connectivity index (χ1n) is 4.16. The Kier molecular flexibility index (Phi) is 3.23. The minimum atomic E-state index is -0.944. The van der Waals surface area contributed by atoms with Crippen molar-refractivity contribution in [2.24, 2.45) is 0 Å². The van der Waals surface area contributed by atoms with Gasteiger partial charge >= 0.3 is 5.97 Å². The summed E-state index contributed by atoms with van der Waals surface area (Å²) in [5, 5.41) is 8.75. The highest BCUT2D eigenvalue weighted by molar-refractivity contribution is 5.88. The fourth-order valence-electron chi connectivity index (χ4n) is 1.05. The second-order valence-electron chi connectivity index (χ2n) is 2.88. The second kappa shape index (κ2) is 4.41. The zero-order valence-electron chi connectivity index (χ0n) is 7.97. The minimum Gasteiger partial charge on any atom is -0.478 e. The second-order valence-corrected chi connectivity index (χ2v) is 2.88. The topological polar surface area (TPSA) is 53.4 Å². The average Bonchev–Trinajstić information content (AvgIpc) is 2.18. The van der Waals surface area contributed by atoms with Gasteiger partial charge in [0, 0.05) is 19.8 Å². The number of aromatic carboxylic acids is 1. The Hall–Kier alpha value is -1.84. The van der Waals surface area contributed by atoms with E-state index < -0.39 is 5.97 Å². The predicted molar refractivity (Wildman–Crippen MR) is 54.7 cm³/mol. The fourth-order valence-corrected chi connectivity index (χ4v) is 1.05. The summed E-state index contributed by atoms with van der Waals surface area (Å²) in [5.74, 6) is -0.314. The molecule has 0 fully saturated rings. The van der Waals surface area contributed by atoms with Crippen LogP contribution in [0.3, 0.4) is 0 Å². The van der Waals surface area contributed by atoms with Gasteiger partial charge in [0.1, 0.15) is 5.82 Å². The number of rotatable bonds is 4. The van der Waals surface area contributed by atoms with Gasteiger partial charge in [-0.3, -0.25) is 0 Å². The molecule has 0 radical (unpaired) electrons. The number of pyridine rings is 1. The molecule has 0 spiro atoms. The molecule has 0 saturated carbocycles. The SMILES string of the molecule is C=CCN(C)c1cc(C(=O)O)ccn1. The lowest BCUT2D eigenvalue weighted by molar-refractivity contribution is 0.0697. The van der Waals surface area contributed by atoms with Gasteiger partial charge in [-0.25, -0.2) is 9.78 Å². The van der Waals surface area contributed by atoms with Crippen LogP contribution in [0.4, 0.5) is 5.82 Å². The number of hydrogen-bond acceptors (Lipinski definition) is 3. The van der Waals surface area contributed by atoms with E-state index in [2.05, 4.69) is 11.6 Å². The summed E-state index contributed by atoms with van der Waals surface area (Å²) in [7, 11) is 1.83. The van der Waals surface area contributed by atoms with Crippen LogP contribution < -0.4 is 4.90 Å². The third-order valence-electron chi connectivity index (χ3n) is 1.79. The fraction of sp³-hybridized carbons (Fsp3) is 0.200. The third kappa shape index (κ3) is 2.32. The number of carboxylic acid groups (broad SMARTS) is 1. The van der Waals surface area contributed by atoms with Gasteiger partial charge < -0.3 is 10.0 Å². The van der Waals surface area contributed by atoms with Crippen molar-refractivity contribution >= 4 is 11.8 Å². The molecular formula is C10H12N2O2. The van der Waals surface area contributed by atoms with E-state index in [1.165, 1.54) is 18.3 Å². The standard InChI is InChI=1S/C10H12N2O2/c1-3-6-12(2)9-7-8(10(13)14)4-5-11-9/h3-5,7H,1,6H2,2H3,(H,13,14). The van der Waals surface area contributed by atoms with E-state index >= 15 is 0 Å². The van der Waals surface area contributed by atoms with E-state index in [0.717, 1.165) is 0 Å². The van der Waals surface area contributed by atoms with Crippen LogP contribution in [0, 0.1) is 0 Å². The predicted octanol–water partition coefficient (Wildman–Crippen LogP) is 1.40. The number of carboxylic acids is 1. The lowest BCUT2D eigenvalue weighted by Crippen LogP contribution is -2.18. The van der Waals surface area contributed by atoms with E-state index in [1.54, 1.807) is 6.08 Å². The van der Waals surface area contributed by atoms with E-state index in [0.29, 0.717) is 12.4 Å². The van der Waals surface area contributed by atoms with Crippen LogP contribution in [0.5, 0.6) is 0 Å². The third-order valence-corrected chi connectivity index (χ3v) is 1.79. The first-order chi connectivity index (χ1) is 6.65. The van der Waals surface area contributed by atoms with Gasteiger partial charge in [0.05, 0.1) is 5.56 Å². The number of aromatic nitrogens is 1. The Bertz CT molecular complexity index is 350. The van der Waals surface area contributed by atoms with E-state index in [4.69, 9.17) is 5.11 Å². The van der Waals surface area contributed by atoms with Gasteiger partial charge in [0.2, 0.25) is 0 Å². The normalized spacial score (nSPS) is 9.50. The van der Waals surface area contributed by atoms with Crippen molar-refractivity contribution in [3.63, 3.8) is 0 Å². The number of likely N-dealkylation sites (N-methyl/N-ethyl adjacent to an activating group) is 1. The number of hydrogen-bond donors (Lipinski definition) is 1. The van der Waals surface area contributed by atoms with Crippen molar-refractivity contribution in [2.75, 3.05) is 18.5 Å². The molecule has 14 heavy (non-hydrogen) atoms. The summed E-state index contributed by atoms with van der Waals surface area (Å²) >= 11 is 0. The molecule has 1 N–H and O–H groups in total. The van der Waals surface area contributed by atoms with Crippen LogP contribution in [-0.2, 0) is 0 Å². The van der Waals surface area contributed by atoms with Crippen LogP contribution in [-0.4, -0.2) is 29.7 Å². The van der Waals surface area contributed by atoms with Crippen LogP contribution in [0.15, 0.2) is 31.0 Å². The van der Waals surface area contributed by atoms with Gasteiger partial charge in [-0.2, -0.15) is 0 Å². The van der Waals surface area contributed by atoms with Crippen molar-refractivity contribution in [3.05, 3.63) is 36.5 Å². The minimum absolute atomic E-state index is 0.242. The van der Waals surface area contributed by atoms with Crippen LogP contribution in [0.1, 0.15) is 10.4 Å². The van der Waals surface area contributed by atoms with Crippen molar-refractivity contribution in [3.8, 4) is 0 Å². The molecule has 0 aliphatic carbocycles. The first kappa shape index (κ1) is 10.2. The first-order valence-corrected chi connectivity index (χ1v) is 4.16. The van der Waals surface area contributed by atoms with Crippen LogP contribution in [0.25, 0.3) is 0 Å². The Morgan fingerprint density at radius 3 is 3.07 bits per heavy atom. The van der Waals surface area contributed by atoms with Crippen molar-refractivity contribution < 1.29 is 9.90 Å². The molecule has 0 aliphatic heterocycles. The number of nitrogens with zero attached hydrogens (tertiary/aromatic N) is 2. The number of anilines is 1. The molecule has 4 heteroatoms. The van der Waals surface area contributed by atoms with E-state index in [-0.39, 0.29) is 5.56 Å². The molecule has 4 nitrogen and oxygen atoms in total.